The van der Waals surface area contributed by atoms with E-state index in [0.717, 1.165) is 7.14 Å². The highest BCUT2D eigenvalue weighted by Crippen LogP contribution is 2.57. The van der Waals surface area contributed by atoms with Crippen molar-refractivity contribution in [3.63, 3.8) is 0 Å². The second-order valence-electron chi connectivity index (χ2n) is 14.4. The lowest BCUT2D eigenvalue weighted by Crippen LogP contribution is -2.43. The second-order valence-corrected chi connectivity index (χ2v) is 19.1. The number of phenols is 1. The number of benzene rings is 5. The Hall–Kier alpha value is -4.31. The Morgan fingerprint density at radius 1 is 0.794 bits per heavy atom. The van der Waals surface area contributed by atoms with Crippen LogP contribution in [0.2, 0.25) is 0 Å². The van der Waals surface area contributed by atoms with Crippen molar-refractivity contribution in [2.24, 2.45) is 11.5 Å². The third-order valence-electron chi connectivity index (χ3n) is 10.1. The lowest BCUT2D eigenvalue weighted by Gasteiger charge is -2.36. The Morgan fingerprint density at radius 2 is 1.40 bits per heavy atom. The second kappa shape index (κ2) is 19.4. The van der Waals surface area contributed by atoms with Crippen molar-refractivity contribution in [3.05, 3.63) is 127 Å². The number of phenolic OH excluding ortho intramolecular Hbond substituents is 1. The number of hydrogen-bond acceptors (Lipinski definition) is 13. The number of unbranched alkanes of at least 4 members (excludes halogenated alkanes) is 1. The van der Waals surface area contributed by atoms with Gasteiger partial charge in [-0.1, -0.05) is 18.6 Å². The fourth-order valence-electron chi connectivity index (χ4n) is 7.26. The zero-order valence-electron chi connectivity index (χ0n) is 32.8. The first-order valence-corrected chi connectivity index (χ1v) is 23.4. The minimum absolute atomic E-state index is 0.00800. The first kappa shape index (κ1) is 46.7. The number of hydrogen-bond donors (Lipinski definition) is 5. The molecule has 0 saturated heterocycles. The molecule has 326 valence electrons. The molecular weight excluding hydrogens is 1270 g/mol. The van der Waals surface area contributed by atoms with Crippen LogP contribution in [0.4, 0.5) is 0 Å². The summed E-state index contributed by atoms with van der Waals surface area (Å²) < 4.78 is 33.0. The van der Waals surface area contributed by atoms with Gasteiger partial charge in [-0.3, -0.25) is 4.79 Å². The highest BCUT2D eigenvalue weighted by molar-refractivity contribution is 14.1. The summed E-state index contributed by atoms with van der Waals surface area (Å²) in [6.45, 7) is 1.74. The monoisotopic (exact) mass is 1300 g/mol. The molecule has 7 rings (SSSR count). The van der Waals surface area contributed by atoms with Gasteiger partial charge in [0, 0.05) is 42.2 Å². The van der Waals surface area contributed by atoms with Gasteiger partial charge in [-0.05, 0) is 170 Å². The Morgan fingerprint density at radius 3 is 1.97 bits per heavy atom. The van der Waals surface area contributed by atoms with Crippen LogP contribution in [0.15, 0.2) is 78.9 Å². The fourth-order valence-corrected chi connectivity index (χ4v) is 11.1. The third-order valence-corrected chi connectivity index (χ3v) is 13.3. The molecule has 15 nitrogen and oxygen atoms in total. The number of carboxylic acid groups (broad SMARTS) is 1. The third kappa shape index (κ3) is 9.72. The summed E-state index contributed by atoms with van der Waals surface area (Å²) in [5.41, 5.74) is 11.0. The maximum Gasteiger partial charge on any atom is 0.341 e. The van der Waals surface area contributed by atoms with Crippen molar-refractivity contribution in [1.82, 2.24) is 5.32 Å². The van der Waals surface area contributed by atoms with E-state index in [1.54, 1.807) is 24.3 Å². The predicted molar refractivity (Wildman–Crippen MR) is 261 cm³/mol. The number of carboxylic acids is 1. The molecule has 7 N–H and O–H groups in total. The lowest BCUT2D eigenvalue weighted by molar-refractivity contribution is -0.139. The summed E-state index contributed by atoms with van der Waals surface area (Å²) in [5, 5.41) is 22.9. The first-order valence-electron chi connectivity index (χ1n) is 19.1. The lowest BCUT2D eigenvalue weighted by atomic mass is 9.77. The van der Waals surface area contributed by atoms with Crippen molar-refractivity contribution in [2.75, 3.05) is 6.54 Å². The van der Waals surface area contributed by atoms with Crippen molar-refractivity contribution < 1.29 is 57.9 Å². The molecule has 63 heavy (non-hydrogen) atoms. The molecule has 2 aliphatic rings. The van der Waals surface area contributed by atoms with Crippen LogP contribution in [0, 0.1) is 14.3 Å². The molecular formula is C44H35I4N3O12. The summed E-state index contributed by atoms with van der Waals surface area (Å²) >= 11 is 8.32. The van der Waals surface area contributed by atoms with Gasteiger partial charge < -0.3 is 50.7 Å². The SMILES string of the molecule is CC(=O)N[C@@H](Cc1cc(I)c(Oc2cc(I)c(O)c(I)c2)c(I)c1)C(=O)Oc1ccc2c(c1)Oc1cc(OC(=O)[C@@H](N)CCCCN)ccc1C21OC(=O)c2c(C(=O)O)cccc21. The van der Waals surface area contributed by atoms with Gasteiger partial charge in [0.1, 0.15) is 46.6 Å². The van der Waals surface area contributed by atoms with Crippen molar-refractivity contribution in [1.29, 1.82) is 0 Å². The highest BCUT2D eigenvalue weighted by atomic mass is 127. The van der Waals surface area contributed by atoms with Crippen molar-refractivity contribution in [3.8, 4) is 40.2 Å². The Labute approximate surface area is 414 Å². The van der Waals surface area contributed by atoms with E-state index in [2.05, 4.69) is 50.5 Å². The summed E-state index contributed by atoms with van der Waals surface area (Å²) in [6.07, 6.45) is 1.73. The molecule has 0 bridgehead atoms. The number of rotatable bonds is 14. The van der Waals surface area contributed by atoms with E-state index < -0.39 is 47.5 Å². The van der Waals surface area contributed by atoms with Crippen LogP contribution in [0.5, 0.6) is 40.2 Å². The standard InChI is InChI=1S/C44H35I4N3O12/c1-20(52)51-34(15-21-13-31(47)39(32(48)14-21)59-24-16-29(45)38(53)30(46)17-24)42(57)61-23-9-11-27-36(19-23)62-35-18-22(60-41(56)33(50)7-2-3-12-49)8-10-26(35)44(27)28-6-4-5-25(40(54)55)37(28)43(58)63-44/h4-6,8-11,13-14,16-19,33-34,53H,2-3,7,12,15,49-50H2,1H3,(H,51,52)(H,54,55)/t33-,34-,44?/m0/s1. The predicted octanol–water partition coefficient (Wildman–Crippen LogP) is 7.88. The molecule has 1 amide bonds. The van der Waals surface area contributed by atoms with Gasteiger partial charge in [-0.25, -0.2) is 19.2 Å². The van der Waals surface area contributed by atoms with E-state index in [1.165, 1.54) is 49.4 Å². The molecule has 3 atom stereocenters. The van der Waals surface area contributed by atoms with Gasteiger partial charge in [0.15, 0.2) is 11.4 Å². The van der Waals surface area contributed by atoms with Gasteiger partial charge in [0.25, 0.3) is 0 Å². The number of fused-ring (bicyclic) bond motifs is 6. The van der Waals surface area contributed by atoms with Crippen LogP contribution in [0.25, 0.3) is 0 Å². The molecule has 1 spiro atoms. The van der Waals surface area contributed by atoms with Crippen LogP contribution in [-0.2, 0) is 31.1 Å². The van der Waals surface area contributed by atoms with Crippen molar-refractivity contribution >= 4 is 120 Å². The average Bonchev–Trinajstić information content (AvgIpc) is 3.52. The minimum Gasteiger partial charge on any atom is -0.506 e. The largest absolute Gasteiger partial charge is 0.506 e. The van der Waals surface area contributed by atoms with E-state index in [0.29, 0.717) is 55.6 Å². The van der Waals surface area contributed by atoms with Crippen LogP contribution in [0.3, 0.4) is 0 Å². The van der Waals surface area contributed by atoms with E-state index in [-0.39, 0.29) is 57.4 Å². The smallest absolute Gasteiger partial charge is 0.341 e. The number of nitrogens with one attached hydrogen (secondary N) is 1. The number of esters is 3. The number of carbonyl (C=O) groups is 5. The van der Waals surface area contributed by atoms with Crippen LogP contribution < -0.4 is 35.7 Å². The van der Waals surface area contributed by atoms with E-state index >= 15 is 0 Å². The molecule has 1 unspecified atom stereocenters. The zero-order valence-corrected chi connectivity index (χ0v) is 41.5. The Balaban J connectivity index is 1.20. The number of ether oxygens (including phenoxy) is 5. The number of aromatic carboxylic acids is 1. The molecule has 2 heterocycles. The molecule has 0 aliphatic carbocycles. The molecule has 19 heteroatoms. The average molecular weight is 1310 g/mol. The Bertz CT molecular complexity index is 2670. The Kier molecular flexibility index (Phi) is 14.4. The fraction of sp³-hybridized carbons (Fsp3) is 0.205. The first-order chi connectivity index (χ1) is 30.0. The molecule has 0 aromatic heterocycles. The van der Waals surface area contributed by atoms with Gasteiger partial charge in [-0.15, -0.1) is 0 Å². The van der Waals surface area contributed by atoms with E-state index in [1.807, 2.05) is 57.3 Å². The number of halogens is 4. The molecule has 0 fully saturated rings. The maximum atomic E-state index is 13.9. The minimum atomic E-state index is -1.73. The molecule has 5 aromatic rings. The molecule has 0 radical (unpaired) electrons. The summed E-state index contributed by atoms with van der Waals surface area (Å²) in [5.74, 6) is -2.64. The summed E-state index contributed by atoms with van der Waals surface area (Å²) in [4.78, 5) is 65.2. The quantitative estimate of drug-likeness (QED) is 0.0308. The maximum absolute atomic E-state index is 13.9. The van der Waals surface area contributed by atoms with Gasteiger partial charge in [-0.2, -0.15) is 0 Å². The summed E-state index contributed by atoms with van der Waals surface area (Å²) in [6, 6.07) is 18.3. The number of aromatic hydroxyl groups is 1. The van der Waals surface area contributed by atoms with E-state index in [4.69, 9.17) is 35.2 Å². The zero-order chi connectivity index (χ0) is 45.3. The van der Waals surface area contributed by atoms with Gasteiger partial charge in [0.05, 0.1) is 25.4 Å². The van der Waals surface area contributed by atoms with Crippen LogP contribution in [0.1, 0.15) is 69.2 Å². The number of amides is 1. The topological polar surface area (TPSA) is 236 Å². The van der Waals surface area contributed by atoms with Crippen molar-refractivity contribution in [2.45, 2.75) is 50.3 Å². The highest BCUT2D eigenvalue weighted by Gasteiger charge is 2.55. The number of nitrogens with two attached hydrogens (primary N) is 2. The molecule has 5 aromatic carbocycles. The van der Waals surface area contributed by atoms with Crippen LogP contribution >= 0.6 is 90.4 Å². The van der Waals surface area contributed by atoms with Gasteiger partial charge >= 0.3 is 23.9 Å². The normalized spacial score (nSPS) is 15.5. The molecule has 2 aliphatic heterocycles. The molecule has 0 saturated carbocycles. The van der Waals surface area contributed by atoms with E-state index in [9.17, 15) is 34.2 Å². The number of carbonyl (C=O) groups excluding carboxylic acids is 4. The van der Waals surface area contributed by atoms with Crippen LogP contribution in [-0.4, -0.2) is 58.6 Å². The summed E-state index contributed by atoms with van der Waals surface area (Å²) in [7, 11) is 0. The van der Waals surface area contributed by atoms with Gasteiger partial charge in [0.2, 0.25) is 5.91 Å².